The lowest BCUT2D eigenvalue weighted by Gasteiger charge is -2.27. The molecule has 64 heavy (non-hydrogen) atoms. The molecule has 0 spiro atoms. The lowest BCUT2D eigenvalue weighted by atomic mass is 9.84. The molecule has 2 aromatic heterocycles. The number of aromatic amines is 2. The van der Waals surface area contributed by atoms with Crippen LogP contribution in [0, 0.1) is 0 Å². The van der Waals surface area contributed by atoms with Crippen molar-refractivity contribution in [3.63, 3.8) is 0 Å². The van der Waals surface area contributed by atoms with Gasteiger partial charge in [-0.25, -0.2) is 0 Å². The van der Waals surface area contributed by atoms with Gasteiger partial charge in [-0.05, 0) is 83.8 Å². The van der Waals surface area contributed by atoms with E-state index in [0.29, 0.717) is 11.5 Å². The van der Waals surface area contributed by atoms with Gasteiger partial charge in [0.25, 0.3) is 0 Å². The summed E-state index contributed by atoms with van der Waals surface area (Å²) in [5.41, 5.74) is 12.9. The predicted molar refractivity (Wildman–Crippen MR) is 276 cm³/mol. The van der Waals surface area contributed by atoms with Crippen molar-refractivity contribution in [2.24, 2.45) is 0 Å². The van der Waals surface area contributed by atoms with Crippen LogP contribution < -0.4 is 21.2 Å². The van der Waals surface area contributed by atoms with Crippen molar-refractivity contribution in [1.82, 2.24) is 15.3 Å². The number of nitrogens with one attached hydrogen (secondary N) is 4. The molecule has 4 nitrogen and oxygen atoms in total. The van der Waals surface area contributed by atoms with Crippen molar-refractivity contribution in [3.8, 4) is 11.1 Å². The number of anilines is 1. The fourth-order valence-electron chi connectivity index (χ4n) is 9.27. The van der Waals surface area contributed by atoms with Crippen LogP contribution in [0.5, 0.6) is 0 Å². The van der Waals surface area contributed by atoms with Crippen molar-refractivity contribution >= 4 is 63.4 Å². The van der Waals surface area contributed by atoms with Crippen molar-refractivity contribution in [3.05, 3.63) is 258 Å². The minimum absolute atomic E-state index is 0.0163. The Hall–Kier alpha value is -7.04. The van der Waals surface area contributed by atoms with Crippen molar-refractivity contribution in [2.45, 2.75) is 24.8 Å². The molecule has 0 saturated heterocycles. The zero-order valence-corrected chi connectivity index (χ0v) is 37.2. The van der Waals surface area contributed by atoms with Gasteiger partial charge in [-0.2, -0.15) is 0 Å². The first-order valence-corrected chi connectivity index (χ1v) is 24.0. The van der Waals surface area contributed by atoms with Crippen LogP contribution in [0.4, 0.5) is 5.69 Å². The number of hydrogen-bond donors (Lipinski definition) is 4. The van der Waals surface area contributed by atoms with E-state index in [-0.39, 0.29) is 12.0 Å². The van der Waals surface area contributed by atoms with E-state index in [1.165, 1.54) is 54.9 Å². The van der Waals surface area contributed by atoms with E-state index in [0.717, 1.165) is 40.6 Å². The van der Waals surface area contributed by atoms with Gasteiger partial charge in [-0.3, -0.25) is 0 Å². The highest BCUT2D eigenvalue weighted by Crippen LogP contribution is 2.46. The number of H-pyrrole nitrogens is 2. The van der Waals surface area contributed by atoms with Gasteiger partial charge in [-0.15, -0.1) is 0 Å². The maximum atomic E-state index is 6.25. The lowest BCUT2D eigenvalue weighted by molar-refractivity contribution is 0.672. The molecule has 2 heterocycles. The summed E-state index contributed by atoms with van der Waals surface area (Å²) in [6.45, 7) is 0. The van der Waals surface area contributed by atoms with Crippen molar-refractivity contribution in [1.29, 1.82) is 0 Å². The molecule has 0 amide bonds. The molecule has 4 N–H and O–H groups in total. The fourth-order valence-corrected chi connectivity index (χ4v) is 12.0. The summed E-state index contributed by atoms with van der Waals surface area (Å²) < 4.78 is 0. The van der Waals surface area contributed by atoms with E-state index in [9.17, 15) is 0 Å². The van der Waals surface area contributed by atoms with E-state index in [4.69, 9.17) is 12.2 Å². The molecule has 0 saturated carbocycles. The number of benzene rings is 8. The monoisotopic (exact) mass is 864 g/mol. The van der Waals surface area contributed by atoms with Crippen molar-refractivity contribution in [2.75, 3.05) is 11.5 Å². The SMILES string of the molecule is S=C(Nc1ccccc1Cc1[nH]c2ccccc2c1-c1c(C(c2ccccc2)c2ccccc2)[nH]c2ccccc12)NC(Cc1ccccc1)CP(c1ccccc1)c1ccccc1. The van der Waals surface area contributed by atoms with E-state index < -0.39 is 7.92 Å². The maximum Gasteiger partial charge on any atom is 0.171 e. The first-order chi connectivity index (χ1) is 31.7. The second-order valence-corrected chi connectivity index (χ2v) is 19.0. The Bertz CT molecular complexity index is 3030. The van der Waals surface area contributed by atoms with Crippen molar-refractivity contribution < 1.29 is 0 Å². The number of para-hydroxylation sites is 3. The predicted octanol–water partition coefficient (Wildman–Crippen LogP) is 13.1. The highest BCUT2D eigenvalue weighted by Gasteiger charge is 2.28. The third kappa shape index (κ3) is 8.92. The summed E-state index contributed by atoms with van der Waals surface area (Å²) in [4.78, 5) is 7.88. The summed E-state index contributed by atoms with van der Waals surface area (Å²) in [6, 6.07) is 80.5. The summed E-state index contributed by atoms with van der Waals surface area (Å²) in [7, 11) is -0.655. The molecule has 312 valence electrons. The highest BCUT2D eigenvalue weighted by molar-refractivity contribution is 7.80. The normalized spacial score (nSPS) is 11.9. The summed E-state index contributed by atoms with van der Waals surface area (Å²) >= 11 is 6.25. The average Bonchev–Trinajstić information content (AvgIpc) is 3.90. The van der Waals surface area contributed by atoms with E-state index in [1.54, 1.807) is 0 Å². The van der Waals surface area contributed by atoms with E-state index in [1.807, 2.05) is 0 Å². The fraction of sp³-hybridized carbons (Fsp3) is 0.0862. The second-order valence-electron chi connectivity index (χ2n) is 16.3. The standard InChI is InChI=1S/C58H49N4PS/c64-58(59-45(38-41-22-6-1-7-23-41)40-63(46-29-12-4-13-30-46)47-31-14-5-15-32-47)62-50-35-19-16-28-44(50)39-53-55(48-33-17-20-36-51(48)60-53)56-49-34-18-21-37-52(49)61-57(56)54(42-24-8-2-9-25-42)43-26-10-3-11-27-43/h1-37,45,54,60-61H,38-40H2,(H2,59,62,64). The molecule has 8 aromatic carbocycles. The molecular formula is C58H49N4PS. The Balaban J connectivity index is 1.01. The smallest absolute Gasteiger partial charge is 0.171 e. The molecule has 1 unspecified atom stereocenters. The molecule has 0 aliphatic rings. The quantitative estimate of drug-likeness (QED) is 0.0651. The van der Waals surface area contributed by atoms with Gasteiger partial charge >= 0.3 is 0 Å². The van der Waals surface area contributed by atoms with Gasteiger partial charge in [0.05, 0.1) is 0 Å². The Morgan fingerprint density at radius 2 is 0.984 bits per heavy atom. The van der Waals surface area contributed by atoms with E-state index in [2.05, 4.69) is 245 Å². The summed E-state index contributed by atoms with van der Waals surface area (Å²) in [5, 5.41) is 13.3. The zero-order chi connectivity index (χ0) is 43.1. The van der Waals surface area contributed by atoms with Gasteiger partial charge in [0.1, 0.15) is 0 Å². The van der Waals surface area contributed by atoms with Gasteiger partial charge in [0.15, 0.2) is 5.11 Å². The van der Waals surface area contributed by atoms with Gasteiger partial charge < -0.3 is 20.6 Å². The van der Waals surface area contributed by atoms with Crippen LogP contribution in [0.25, 0.3) is 32.9 Å². The summed E-state index contributed by atoms with van der Waals surface area (Å²) in [5.74, 6) is -0.0163. The average molecular weight is 865 g/mol. The number of rotatable bonds is 14. The molecule has 6 heteroatoms. The molecule has 0 bridgehead atoms. The van der Waals surface area contributed by atoms with Gasteiger partial charge in [0.2, 0.25) is 0 Å². The van der Waals surface area contributed by atoms with Crippen LogP contribution in [0.2, 0.25) is 0 Å². The van der Waals surface area contributed by atoms with Crippen LogP contribution in [0.3, 0.4) is 0 Å². The molecule has 1 atom stereocenters. The third-order valence-electron chi connectivity index (χ3n) is 12.2. The van der Waals surface area contributed by atoms with Crippen LogP contribution in [-0.2, 0) is 12.8 Å². The largest absolute Gasteiger partial charge is 0.359 e. The molecule has 0 fully saturated rings. The first-order valence-electron chi connectivity index (χ1n) is 22.0. The molecule has 0 aliphatic heterocycles. The third-order valence-corrected chi connectivity index (χ3v) is 15.0. The molecular weight excluding hydrogens is 816 g/mol. The van der Waals surface area contributed by atoms with Crippen LogP contribution >= 0.6 is 20.1 Å². The minimum Gasteiger partial charge on any atom is -0.359 e. The minimum atomic E-state index is -0.655. The second kappa shape index (κ2) is 19.1. The van der Waals surface area contributed by atoms with Gasteiger partial charge in [-0.1, -0.05) is 206 Å². The van der Waals surface area contributed by atoms with E-state index >= 15 is 0 Å². The number of thiocarbonyl (C=S) groups is 1. The topological polar surface area (TPSA) is 55.6 Å². The van der Waals surface area contributed by atoms with Crippen LogP contribution in [0.15, 0.2) is 224 Å². The molecule has 10 aromatic rings. The number of hydrogen-bond acceptors (Lipinski definition) is 1. The molecule has 10 rings (SSSR count). The number of aromatic nitrogens is 2. The first kappa shape index (κ1) is 41.0. The lowest BCUT2D eigenvalue weighted by Crippen LogP contribution is -2.42. The van der Waals surface area contributed by atoms with Crippen LogP contribution in [0.1, 0.15) is 39.6 Å². The Morgan fingerprint density at radius 1 is 0.500 bits per heavy atom. The maximum absolute atomic E-state index is 6.25. The Morgan fingerprint density at radius 3 is 1.59 bits per heavy atom. The highest BCUT2D eigenvalue weighted by atomic mass is 32.1. The molecule has 0 radical (unpaired) electrons. The van der Waals surface area contributed by atoms with Crippen LogP contribution in [-0.4, -0.2) is 27.3 Å². The zero-order valence-electron chi connectivity index (χ0n) is 35.5. The Labute approximate surface area is 382 Å². The Kier molecular flexibility index (Phi) is 12.3. The summed E-state index contributed by atoms with van der Waals surface area (Å²) in [6.07, 6.45) is 2.44. The number of fused-ring (bicyclic) bond motifs is 2. The molecule has 0 aliphatic carbocycles. The van der Waals surface area contributed by atoms with Gasteiger partial charge in [0, 0.05) is 68.4 Å².